The number of rotatable bonds is 7. The second-order valence-electron chi connectivity index (χ2n) is 5.75. The van der Waals surface area contributed by atoms with Crippen molar-refractivity contribution in [1.82, 2.24) is 4.90 Å². The average molecular weight is 346 g/mol. The molecule has 0 aliphatic rings. The molecule has 0 saturated carbocycles. The molecule has 1 unspecified atom stereocenters. The van der Waals surface area contributed by atoms with E-state index in [1.54, 1.807) is 11.0 Å². The summed E-state index contributed by atoms with van der Waals surface area (Å²) in [5, 5.41) is 11.9. The lowest BCUT2D eigenvalue weighted by Gasteiger charge is -2.29. The van der Waals surface area contributed by atoms with Crippen LogP contribution in [0, 0.1) is 5.82 Å². The van der Waals surface area contributed by atoms with Crippen molar-refractivity contribution >= 4 is 11.7 Å². The molecule has 5 nitrogen and oxygen atoms in total. The zero-order valence-electron chi connectivity index (χ0n) is 14.4. The number of urea groups is 1. The van der Waals surface area contributed by atoms with Crippen LogP contribution in [-0.2, 0) is 6.54 Å². The first kappa shape index (κ1) is 18.7. The quantitative estimate of drug-likeness (QED) is 0.805. The summed E-state index contributed by atoms with van der Waals surface area (Å²) in [7, 11) is 1.38. The molecule has 0 saturated heterocycles. The highest BCUT2D eigenvalue weighted by molar-refractivity contribution is 5.89. The van der Waals surface area contributed by atoms with Crippen molar-refractivity contribution in [3.8, 4) is 5.75 Å². The molecule has 0 heterocycles. The fraction of sp³-hybridized carbons (Fsp3) is 0.316. The molecule has 0 fully saturated rings. The van der Waals surface area contributed by atoms with E-state index >= 15 is 0 Å². The molecule has 2 aromatic carbocycles. The maximum Gasteiger partial charge on any atom is 0.322 e. The SMILES string of the molecule is COc1ccc(NC(=O)N(Cc2ccccc2)C(C)CCO)cc1F. The highest BCUT2D eigenvalue weighted by Gasteiger charge is 2.20. The van der Waals surface area contributed by atoms with Crippen LogP contribution in [0.2, 0.25) is 0 Å². The molecule has 1 atom stereocenters. The Kier molecular flexibility index (Phi) is 6.77. The number of amides is 2. The minimum Gasteiger partial charge on any atom is -0.494 e. The van der Waals surface area contributed by atoms with E-state index in [1.165, 1.54) is 19.2 Å². The van der Waals surface area contributed by atoms with Gasteiger partial charge in [-0.1, -0.05) is 30.3 Å². The number of carbonyl (C=O) groups excluding carboxylic acids is 1. The second kappa shape index (κ2) is 9.03. The third-order valence-electron chi connectivity index (χ3n) is 3.94. The average Bonchev–Trinajstić information content (AvgIpc) is 2.61. The van der Waals surface area contributed by atoms with Gasteiger partial charge >= 0.3 is 6.03 Å². The van der Waals surface area contributed by atoms with Crippen LogP contribution in [-0.4, -0.2) is 35.8 Å². The van der Waals surface area contributed by atoms with E-state index < -0.39 is 5.82 Å². The Morgan fingerprint density at radius 3 is 2.60 bits per heavy atom. The smallest absolute Gasteiger partial charge is 0.322 e. The van der Waals surface area contributed by atoms with Crippen molar-refractivity contribution < 1.29 is 19.0 Å². The van der Waals surface area contributed by atoms with Gasteiger partial charge in [0, 0.05) is 30.9 Å². The normalized spacial score (nSPS) is 11.7. The number of nitrogens with one attached hydrogen (secondary N) is 1. The van der Waals surface area contributed by atoms with Gasteiger partial charge in [-0.25, -0.2) is 9.18 Å². The van der Waals surface area contributed by atoms with Crippen molar-refractivity contribution in [2.45, 2.75) is 25.9 Å². The molecule has 2 N–H and O–H groups in total. The first-order valence-electron chi connectivity index (χ1n) is 8.11. The van der Waals surface area contributed by atoms with Gasteiger partial charge in [-0.15, -0.1) is 0 Å². The van der Waals surface area contributed by atoms with Gasteiger partial charge < -0.3 is 20.1 Å². The Bertz CT molecular complexity index is 694. The van der Waals surface area contributed by atoms with Crippen LogP contribution < -0.4 is 10.1 Å². The highest BCUT2D eigenvalue weighted by Crippen LogP contribution is 2.21. The van der Waals surface area contributed by atoms with E-state index in [0.29, 0.717) is 18.7 Å². The number of aliphatic hydroxyl groups is 1. The number of hydrogen-bond donors (Lipinski definition) is 2. The van der Waals surface area contributed by atoms with Crippen molar-refractivity contribution in [3.63, 3.8) is 0 Å². The topological polar surface area (TPSA) is 61.8 Å². The zero-order valence-corrected chi connectivity index (χ0v) is 14.4. The van der Waals surface area contributed by atoms with Crippen molar-refractivity contribution in [3.05, 3.63) is 59.9 Å². The van der Waals surface area contributed by atoms with E-state index in [2.05, 4.69) is 5.32 Å². The van der Waals surface area contributed by atoms with Crippen LogP contribution in [0.4, 0.5) is 14.9 Å². The molecule has 134 valence electrons. The Morgan fingerprint density at radius 2 is 2.00 bits per heavy atom. The van der Waals surface area contributed by atoms with Gasteiger partial charge in [0.25, 0.3) is 0 Å². The summed E-state index contributed by atoms with van der Waals surface area (Å²) >= 11 is 0. The van der Waals surface area contributed by atoms with Gasteiger partial charge in [-0.05, 0) is 31.0 Å². The standard InChI is InChI=1S/C19H23FN2O3/c1-14(10-11-23)22(13-15-6-4-3-5-7-15)19(24)21-16-8-9-18(25-2)17(20)12-16/h3-9,12,14,23H,10-11,13H2,1-2H3,(H,21,24). The van der Waals surface area contributed by atoms with Gasteiger partial charge in [0.05, 0.1) is 7.11 Å². The zero-order chi connectivity index (χ0) is 18.2. The van der Waals surface area contributed by atoms with Gasteiger partial charge in [-0.2, -0.15) is 0 Å². The predicted octanol–water partition coefficient (Wildman–Crippen LogP) is 3.64. The lowest BCUT2D eigenvalue weighted by atomic mass is 10.1. The van der Waals surface area contributed by atoms with Crippen LogP contribution in [0.1, 0.15) is 18.9 Å². The number of carbonyl (C=O) groups is 1. The summed E-state index contributed by atoms with van der Waals surface area (Å²) in [6, 6.07) is 13.3. The summed E-state index contributed by atoms with van der Waals surface area (Å²) in [6.45, 7) is 2.25. The summed E-state index contributed by atoms with van der Waals surface area (Å²) in [5.41, 5.74) is 1.32. The van der Waals surface area contributed by atoms with Crippen LogP contribution in [0.25, 0.3) is 0 Å². The molecule has 2 rings (SSSR count). The van der Waals surface area contributed by atoms with Gasteiger partial charge in [0.15, 0.2) is 11.6 Å². The van der Waals surface area contributed by atoms with E-state index in [4.69, 9.17) is 4.74 Å². The molecule has 0 aliphatic heterocycles. The molecule has 0 bridgehead atoms. The van der Waals surface area contributed by atoms with E-state index in [1.807, 2.05) is 37.3 Å². The van der Waals surface area contributed by atoms with Crippen LogP contribution in [0.5, 0.6) is 5.75 Å². The monoisotopic (exact) mass is 346 g/mol. The number of benzene rings is 2. The van der Waals surface area contributed by atoms with Crippen LogP contribution in [0.3, 0.4) is 0 Å². The number of methoxy groups -OCH3 is 1. The number of aliphatic hydroxyl groups excluding tert-OH is 1. The van der Waals surface area contributed by atoms with Crippen molar-refractivity contribution in [2.24, 2.45) is 0 Å². The summed E-state index contributed by atoms with van der Waals surface area (Å²) in [6.07, 6.45) is 0.456. The van der Waals surface area contributed by atoms with Crippen molar-refractivity contribution in [1.29, 1.82) is 0 Å². The predicted molar refractivity (Wildman–Crippen MR) is 95.1 cm³/mol. The number of anilines is 1. The Hall–Kier alpha value is -2.60. The van der Waals surface area contributed by atoms with Crippen molar-refractivity contribution in [2.75, 3.05) is 19.0 Å². The lowest BCUT2D eigenvalue weighted by molar-refractivity contribution is 0.169. The Morgan fingerprint density at radius 1 is 1.28 bits per heavy atom. The molecule has 0 aromatic heterocycles. The molecule has 2 amide bonds. The first-order valence-corrected chi connectivity index (χ1v) is 8.11. The van der Waals surface area contributed by atoms with E-state index in [0.717, 1.165) is 5.56 Å². The third-order valence-corrected chi connectivity index (χ3v) is 3.94. The van der Waals surface area contributed by atoms with Gasteiger partial charge in [-0.3, -0.25) is 0 Å². The Labute approximate surface area is 147 Å². The minimum atomic E-state index is -0.543. The summed E-state index contributed by atoms with van der Waals surface area (Å²) < 4.78 is 18.7. The van der Waals surface area contributed by atoms with Crippen LogP contribution in [0.15, 0.2) is 48.5 Å². The molecule has 6 heteroatoms. The third kappa shape index (κ3) is 5.19. The lowest BCUT2D eigenvalue weighted by Crippen LogP contribution is -2.41. The maximum absolute atomic E-state index is 13.8. The fourth-order valence-electron chi connectivity index (χ4n) is 2.49. The summed E-state index contributed by atoms with van der Waals surface area (Å²) in [5.74, 6) is -0.425. The largest absolute Gasteiger partial charge is 0.494 e. The van der Waals surface area contributed by atoms with Gasteiger partial charge in [0.2, 0.25) is 0 Å². The summed E-state index contributed by atoms with van der Waals surface area (Å²) in [4.78, 5) is 14.3. The van der Waals surface area contributed by atoms with E-state index in [9.17, 15) is 14.3 Å². The molecule has 0 spiro atoms. The highest BCUT2D eigenvalue weighted by atomic mass is 19.1. The maximum atomic E-state index is 13.8. The molecule has 0 aliphatic carbocycles. The number of nitrogens with zero attached hydrogens (tertiary/aromatic N) is 1. The molecular formula is C19H23FN2O3. The van der Waals surface area contributed by atoms with Gasteiger partial charge in [0.1, 0.15) is 0 Å². The molecule has 0 radical (unpaired) electrons. The second-order valence-corrected chi connectivity index (χ2v) is 5.75. The molecule has 25 heavy (non-hydrogen) atoms. The fourth-order valence-corrected chi connectivity index (χ4v) is 2.49. The number of halogens is 1. The molecule has 2 aromatic rings. The first-order chi connectivity index (χ1) is 12.0. The number of hydrogen-bond acceptors (Lipinski definition) is 3. The Balaban J connectivity index is 2.15. The van der Waals surface area contributed by atoms with E-state index in [-0.39, 0.29) is 24.4 Å². The molecular weight excluding hydrogens is 323 g/mol. The van der Waals surface area contributed by atoms with Crippen LogP contribution >= 0.6 is 0 Å². The minimum absolute atomic E-state index is 0.0170. The number of ether oxygens (including phenoxy) is 1.